The summed E-state index contributed by atoms with van der Waals surface area (Å²) in [6, 6.07) is 11.6. The molecule has 138 valence electrons. The normalized spacial score (nSPS) is 12.0. The van der Waals surface area contributed by atoms with E-state index in [9.17, 15) is 0 Å². The molecule has 1 aromatic carbocycles. The van der Waals surface area contributed by atoms with E-state index in [0.717, 1.165) is 30.5 Å². The minimum absolute atomic E-state index is 0. The van der Waals surface area contributed by atoms with Gasteiger partial charge in [-0.1, -0.05) is 6.07 Å². The van der Waals surface area contributed by atoms with Gasteiger partial charge in [0.15, 0.2) is 5.96 Å². The molecule has 25 heavy (non-hydrogen) atoms. The van der Waals surface area contributed by atoms with Gasteiger partial charge >= 0.3 is 0 Å². The number of halogens is 1. The van der Waals surface area contributed by atoms with E-state index < -0.39 is 0 Å². The Labute approximate surface area is 166 Å². The first kappa shape index (κ1) is 21.1. The zero-order valence-corrected chi connectivity index (χ0v) is 17.3. The first-order valence-electron chi connectivity index (χ1n) is 8.07. The molecule has 1 unspecified atom stereocenters. The lowest BCUT2D eigenvalue weighted by Crippen LogP contribution is -2.42. The molecular formula is C18H27IN4O2. The van der Waals surface area contributed by atoms with E-state index in [1.807, 2.05) is 55.7 Å². The van der Waals surface area contributed by atoms with Crippen molar-refractivity contribution in [1.82, 2.24) is 15.2 Å². The average Bonchev–Trinajstić information content (AvgIpc) is 3.11. The van der Waals surface area contributed by atoms with Crippen molar-refractivity contribution < 1.29 is 9.47 Å². The summed E-state index contributed by atoms with van der Waals surface area (Å²) in [4.78, 5) is 4.22. The van der Waals surface area contributed by atoms with Crippen molar-refractivity contribution in [3.63, 3.8) is 0 Å². The number of aliphatic imine (C=N–C) groups is 1. The molecule has 0 aliphatic carbocycles. The zero-order chi connectivity index (χ0) is 17.2. The van der Waals surface area contributed by atoms with Crippen LogP contribution in [0.4, 0.5) is 0 Å². The van der Waals surface area contributed by atoms with Crippen molar-refractivity contribution in [2.24, 2.45) is 4.99 Å². The van der Waals surface area contributed by atoms with Crippen LogP contribution in [0.5, 0.6) is 11.5 Å². The summed E-state index contributed by atoms with van der Waals surface area (Å²) < 4.78 is 13.2. The number of rotatable bonds is 8. The van der Waals surface area contributed by atoms with Crippen LogP contribution in [-0.4, -0.2) is 43.9 Å². The molecule has 0 bridgehead atoms. The molecule has 0 aliphatic rings. The number of hydrogen-bond donors (Lipinski definition) is 2. The Morgan fingerprint density at radius 1 is 1.16 bits per heavy atom. The molecule has 0 saturated heterocycles. The summed E-state index contributed by atoms with van der Waals surface area (Å²) in [6.45, 7) is 4.36. The quantitative estimate of drug-likeness (QED) is 0.363. The number of benzene rings is 1. The van der Waals surface area contributed by atoms with Crippen molar-refractivity contribution in [2.75, 3.05) is 27.2 Å². The van der Waals surface area contributed by atoms with Gasteiger partial charge in [-0.15, -0.1) is 24.0 Å². The van der Waals surface area contributed by atoms with E-state index in [1.54, 1.807) is 14.2 Å². The van der Waals surface area contributed by atoms with Gasteiger partial charge < -0.3 is 24.7 Å². The summed E-state index contributed by atoms with van der Waals surface area (Å²) >= 11 is 0. The summed E-state index contributed by atoms with van der Waals surface area (Å²) in [5.74, 6) is 2.35. The minimum Gasteiger partial charge on any atom is -0.497 e. The summed E-state index contributed by atoms with van der Waals surface area (Å²) in [7, 11) is 3.41. The van der Waals surface area contributed by atoms with E-state index in [1.165, 1.54) is 0 Å². The van der Waals surface area contributed by atoms with Gasteiger partial charge in [-0.3, -0.25) is 4.99 Å². The highest BCUT2D eigenvalue weighted by atomic mass is 127. The predicted octanol–water partition coefficient (Wildman–Crippen LogP) is 2.75. The number of aromatic nitrogens is 1. The lowest BCUT2D eigenvalue weighted by Gasteiger charge is -2.18. The van der Waals surface area contributed by atoms with E-state index in [0.29, 0.717) is 6.54 Å². The van der Waals surface area contributed by atoms with Crippen molar-refractivity contribution in [3.05, 3.63) is 48.8 Å². The summed E-state index contributed by atoms with van der Waals surface area (Å²) in [5, 5.41) is 6.56. The van der Waals surface area contributed by atoms with Crippen LogP contribution in [0.2, 0.25) is 0 Å². The fraction of sp³-hybridized carbons (Fsp3) is 0.389. The largest absolute Gasteiger partial charge is 0.497 e. The van der Waals surface area contributed by atoms with Gasteiger partial charge in [0, 0.05) is 38.6 Å². The Balaban J connectivity index is 0.00000312. The fourth-order valence-electron chi connectivity index (χ4n) is 2.23. The number of nitrogens with one attached hydrogen (secondary N) is 2. The van der Waals surface area contributed by atoms with Crippen LogP contribution in [0.3, 0.4) is 0 Å². The number of nitrogens with zero attached hydrogens (tertiary/aromatic N) is 2. The molecule has 0 fully saturated rings. The third-order valence-corrected chi connectivity index (χ3v) is 3.49. The van der Waals surface area contributed by atoms with Crippen molar-refractivity contribution in [1.29, 1.82) is 0 Å². The van der Waals surface area contributed by atoms with Gasteiger partial charge in [0.05, 0.1) is 13.7 Å². The van der Waals surface area contributed by atoms with Crippen LogP contribution in [0.1, 0.15) is 6.92 Å². The van der Waals surface area contributed by atoms with Gasteiger partial charge in [0.2, 0.25) is 0 Å². The highest BCUT2D eigenvalue weighted by molar-refractivity contribution is 14.0. The molecule has 1 aromatic heterocycles. The molecule has 2 aromatic rings. The highest BCUT2D eigenvalue weighted by Crippen LogP contribution is 2.19. The van der Waals surface area contributed by atoms with Crippen LogP contribution in [-0.2, 0) is 6.54 Å². The van der Waals surface area contributed by atoms with Gasteiger partial charge in [0.25, 0.3) is 0 Å². The number of hydrogen-bond acceptors (Lipinski definition) is 3. The first-order chi connectivity index (χ1) is 11.7. The SMILES string of the molecule is CN=C(NCCn1cccc1)NCC(C)Oc1cccc(OC)c1.I. The molecule has 0 spiro atoms. The molecular weight excluding hydrogens is 431 g/mol. The number of guanidine groups is 1. The predicted molar refractivity (Wildman–Crippen MR) is 112 cm³/mol. The van der Waals surface area contributed by atoms with Gasteiger partial charge in [0.1, 0.15) is 17.6 Å². The van der Waals surface area contributed by atoms with Crippen molar-refractivity contribution >= 4 is 29.9 Å². The third kappa shape index (κ3) is 7.68. The lowest BCUT2D eigenvalue weighted by atomic mass is 10.3. The fourth-order valence-corrected chi connectivity index (χ4v) is 2.23. The summed E-state index contributed by atoms with van der Waals surface area (Å²) in [5.41, 5.74) is 0. The number of ether oxygens (including phenoxy) is 2. The Kier molecular flexibility index (Phi) is 9.83. The second kappa shape index (κ2) is 11.6. The molecule has 2 N–H and O–H groups in total. The maximum absolute atomic E-state index is 5.89. The van der Waals surface area contributed by atoms with Crippen LogP contribution in [0, 0.1) is 0 Å². The second-order valence-electron chi connectivity index (χ2n) is 5.41. The smallest absolute Gasteiger partial charge is 0.191 e. The second-order valence-corrected chi connectivity index (χ2v) is 5.41. The Morgan fingerprint density at radius 3 is 2.56 bits per heavy atom. The minimum atomic E-state index is 0. The summed E-state index contributed by atoms with van der Waals surface area (Å²) in [6.07, 6.45) is 4.09. The monoisotopic (exact) mass is 458 g/mol. The van der Waals surface area contributed by atoms with Crippen LogP contribution >= 0.6 is 24.0 Å². The van der Waals surface area contributed by atoms with E-state index in [-0.39, 0.29) is 30.1 Å². The zero-order valence-electron chi connectivity index (χ0n) is 14.9. The van der Waals surface area contributed by atoms with Crippen LogP contribution in [0.15, 0.2) is 53.8 Å². The molecule has 1 heterocycles. The standard InChI is InChI=1S/C18H26N4O2.HI/c1-15(24-17-8-6-7-16(13-17)23-3)14-21-18(19-2)20-9-12-22-10-4-5-11-22;/h4-8,10-11,13,15H,9,12,14H2,1-3H3,(H2,19,20,21);1H. The Hall–Kier alpha value is -1.90. The number of methoxy groups -OCH3 is 1. The first-order valence-corrected chi connectivity index (χ1v) is 8.07. The van der Waals surface area contributed by atoms with E-state index in [2.05, 4.69) is 20.2 Å². The molecule has 7 heteroatoms. The highest BCUT2D eigenvalue weighted by Gasteiger charge is 2.06. The maximum atomic E-state index is 5.89. The van der Waals surface area contributed by atoms with E-state index in [4.69, 9.17) is 9.47 Å². The van der Waals surface area contributed by atoms with Crippen molar-refractivity contribution in [3.8, 4) is 11.5 Å². The Morgan fingerprint density at radius 2 is 1.88 bits per heavy atom. The van der Waals surface area contributed by atoms with Crippen LogP contribution < -0.4 is 20.1 Å². The van der Waals surface area contributed by atoms with Gasteiger partial charge in [-0.05, 0) is 31.2 Å². The molecule has 1 atom stereocenters. The molecule has 0 aliphatic heterocycles. The van der Waals surface area contributed by atoms with Crippen LogP contribution in [0.25, 0.3) is 0 Å². The van der Waals surface area contributed by atoms with E-state index >= 15 is 0 Å². The average molecular weight is 458 g/mol. The Bertz CT molecular complexity index is 632. The molecule has 0 radical (unpaired) electrons. The molecule has 6 nitrogen and oxygen atoms in total. The third-order valence-electron chi connectivity index (χ3n) is 3.49. The van der Waals surface area contributed by atoms with Crippen molar-refractivity contribution in [2.45, 2.75) is 19.6 Å². The lowest BCUT2D eigenvalue weighted by molar-refractivity contribution is 0.223. The molecule has 0 amide bonds. The topological polar surface area (TPSA) is 59.8 Å². The molecule has 0 saturated carbocycles. The molecule has 2 rings (SSSR count). The maximum Gasteiger partial charge on any atom is 0.191 e. The van der Waals surface area contributed by atoms with Gasteiger partial charge in [-0.2, -0.15) is 0 Å². The van der Waals surface area contributed by atoms with Gasteiger partial charge in [-0.25, -0.2) is 0 Å².